The van der Waals surface area contributed by atoms with E-state index in [9.17, 15) is 0 Å². The summed E-state index contributed by atoms with van der Waals surface area (Å²) < 4.78 is 0. The van der Waals surface area contributed by atoms with Crippen molar-refractivity contribution in [3.05, 3.63) is 29.3 Å². The van der Waals surface area contributed by atoms with Gasteiger partial charge in [-0.15, -0.1) is 0 Å². The Hall–Kier alpha value is -0.980. The van der Waals surface area contributed by atoms with Crippen LogP contribution in [0.4, 0.5) is 5.69 Å². The van der Waals surface area contributed by atoms with E-state index in [0.717, 1.165) is 11.8 Å². The molecule has 0 bridgehead atoms. The van der Waals surface area contributed by atoms with Crippen LogP contribution in [0.3, 0.4) is 0 Å². The highest BCUT2D eigenvalue weighted by molar-refractivity contribution is 5.49. The first-order valence-corrected chi connectivity index (χ1v) is 9.07. The molecule has 0 heterocycles. The van der Waals surface area contributed by atoms with E-state index < -0.39 is 0 Å². The van der Waals surface area contributed by atoms with Crippen molar-refractivity contribution < 1.29 is 0 Å². The molecule has 2 saturated carbocycles. The van der Waals surface area contributed by atoms with Crippen LogP contribution in [0.15, 0.2) is 18.2 Å². The molecule has 1 heteroatoms. The molecule has 0 amide bonds. The molecule has 2 fully saturated rings. The molecule has 0 aromatic heterocycles. The van der Waals surface area contributed by atoms with Crippen molar-refractivity contribution in [2.45, 2.75) is 77.7 Å². The summed E-state index contributed by atoms with van der Waals surface area (Å²) in [7, 11) is 0. The van der Waals surface area contributed by atoms with Gasteiger partial charge in [0.25, 0.3) is 0 Å². The maximum Gasteiger partial charge on any atom is 0.0347 e. The maximum atomic E-state index is 3.91. The van der Waals surface area contributed by atoms with E-state index in [-0.39, 0.29) is 0 Å². The normalized spacial score (nSPS) is 27.5. The highest BCUT2D eigenvalue weighted by Gasteiger charge is 2.32. The largest absolute Gasteiger partial charge is 0.382 e. The minimum absolute atomic E-state index is 0.711. The summed E-state index contributed by atoms with van der Waals surface area (Å²) in [5.74, 6) is 1.90. The average Bonchev–Trinajstić information content (AvgIpc) is 2.48. The maximum absolute atomic E-state index is 3.91. The number of anilines is 1. The molecule has 21 heavy (non-hydrogen) atoms. The lowest BCUT2D eigenvalue weighted by Crippen LogP contribution is -2.37. The van der Waals surface area contributed by atoms with Crippen LogP contribution >= 0.6 is 0 Å². The van der Waals surface area contributed by atoms with Gasteiger partial charge in [0.2, 0.25) is 0 Å². The predicted octanol–water partition coefficient (Wildman–Crippen LogP) is 5.85. The van der Waals surface area contributed by atoms with Crippen LogP contribution in [0.2, 0.25) is 0 Å². The molecule has 1 aromatic rings. The third-order valence-electron chi connectivity index (χ3n) is 5.65. The number of hydrogen-bond donors (Lipinski definition) is 1. The number of hydrogen-bond acceptors (Lipinski definition) is 1. The van der Waals surface area contributed by atoms with Gasteiger partial charge in [0.05, 0.1) is 0 Å². The molecule has 2 unspecified atom stereocenters. The molecule has 2 aliphatic rings. The van der Waals surface area contributed by atoms with Gasteiger partial charge in [-0.2, -0.15) is 0 Å². The zero-order valence-electron chi connectivity index (χ0n) is 13.8. The number of aryl methyl sites for hydroxylation is 2. The molecule has 116 valence electrons. The van der Waals surface area contributed by atoms with Crippen molar-refractivity contribution in [1.82, 2.24) is 0 Å². The van der Waals surface area contributed by atoms with Gasteiger partial charge in [-0.05, 0) is 61.8 Å². The number of rotatable bonds is 3. The van der Waals surface area contributed by atoms with Crippen molar-refractivity contribution in [3.63, 3.8) is 0 Å². The Morgan fingerprint density at radius 3 is 2.10 bits per heavy atom. The summed E-state index contributed by atoms with van der Waals surface area (Å²) in [4.78, 5) is 0. The highest BCUT2D eigenvalue weighted by Crippen LogP contribution is 2.39. The Balaban J connectivity index is 1.71. The lowest BCUT2D eigenvalue weighted by atomic mass is 9.71. The van der Waals surface area contributed by atoms with Crippen molar-refractivity contribution in [1.29, 1.82) is 0 Å². The van der Waals surface area contributed by atoms with Gasteiger partial charge in [0, 0.05) is 11.7 Å². The lowest BCUT2D eigenvalue weighted by molar-refractivity contribution is 0.180. The molecule has 2 atom stereocenters. The molecule has 0 saturated heterocycles. The average molecular weight is 285 g/mol. The van der Waals surface area contributed by atoms with Gasteiger partial charge in [0.1, 0.15) is 0 Å². The van der Waals surface area contributed by atoms with E-state index in [2.05, 4.69) is 37.4 Å². The third-order valence-corrected chi connectivity index (χ3v) is 5.65. The zero-order chi connectivity index (χ0) is 14.7. The van der Waals surface area contributed by atoms with Crippen molar-refractivity contribution in [2.75, 3.05) is 5.32 Å². The van der Waals surface area contributed by atoms with Crippen LogP contribution in [0.25, 0.3) is 0 Å². The summed E-state index contributed by atoms with van der Waals surface area (Å²) in [6, 6.07) is 7.62. The van der Waals surface area contributed by atoms with Crippen LogP contribution < -0.4 is 5.32 Å². The molecule has 0 spiro atoms. The first-order chi connectivity index (χ1) is 10.2. The quantitative estimate of drug-likeness (QED) is 0.734. The molecule has 3 rings (SSSR count). The summed E-state index contributed by atoms with van der Waals surface area (Å²) in [5, 5.41) is 3.91. The van der Waals surface area contributed by atoms with E-state index in [1.54, 1.807) is 0 Å². The zero-order valence-corrected chi connectivity index (χ0v) is 13.8. The van der Waals surface area contributed by atoms with Crippen LogP contribution in [-0.2, 0) is 0 Å². The monoisotopic (exact) mass is 285 g/mol. The van der Waals surface area contributed by atoms with Gasteiger partial charge < -0.3 is 5.32 Å². The van der Waals surface area contributed by atoms with E-state index in [1.165, 1.54) is 74.6 Å². The fraction of sp³-hybridized carbons (Fsp3) is 0.700. The molecule has 0 radical (unpaired) electrons. The second kappa shape index (κ2) is 6.85. The number of benzene rings is 1. The van der Waals surface area contributed by atoms with Gasteiger partial charge in [-0.1, -0.05) is 51.0 Å². The smallest absolute Gasteiger partial charge is 0.0347 e. The molecular formula is C20H31N. The van der Waals surface area contributed by atoms with Crippen molar-refractivity contribution >= 4 is 5.69 Å². The molecule has 1 aromatic carbocycles. The molecule has 0 aliphatic heterocycles. The van der Waals surface area contributed by atoms with E-state index in [1.807, 2.05) is 0 Å². The fourth-order valence-electron chi connectivity index (χ4n) is 4.74. The summed E-state index contributed by atoms with van der Waals surface area (Å²) in [6.07, 6.45) is 13.1. The second-order valence-corrected chi connectivity index (χ2v) is 7.47. The molecule has 1 N–H and O–H groups in total. The second-order valence-electron chi connectivity index (χ2n) is 7.47. The van der Waals surface area contributed by atoms with Crippen LogP contribution in [0, 0.1) is 25.7 Å². The highest BCUT2D eigenvalue weighted by atomic mass is 14.9. The van der Waals surface area contributed by atoms with Crippen LogP contribution in [0.5, 0.6) is 0 Å². The Morgan fingerprint density at radius 2 is 1.38 bits per heavy atom. The van der Waals surface area contributed by atoms with Crippen LogP contribution in [0.1, 0.15) is 68.9 Å². The van der Waals surface area contributed by atoms with E-state index >= 15 is 0 Å². The standard InChI is InChI=1S/C20H31N/c1-15-12-16(2)14-18(13-15)21-20-11-7-6-10-19(20)17-8-4-3-5-9-17/h12-14,17,19-21H,3-11H2,1-2H3. The summed E-state index contributed by atoms with van der Waals surface area (Å²) in [5.41, 5.74) is 4.10. The Bertz CT molecular complexity index is 439. The predicted molar refractivity (Wildman–Crippen MR) is 91.9 cm³/mol. The van der Waals surface area contributed by atoms with Crippen LogP contribution in [-0.4, -0.2) is 6.04 Å². The van der Waals surface area contributed by atoms with Gasteiger partial charge >= 0.3 is 0 Å². The van der Waals surface area contributed by atoms with E-state index in [0.29, 0.717) is 6.04 Å². The lowest BCUT2D eigenvalue weighted by Gasteiger charge is -2.40. The van der Waals surface area contributed by atoms with Gasteiger partial charge in [0.15, 0.2) is 0 Å². The van der Waals surface area contributed by atoms with Gasteiger partial charge in [-0.25, -0.2) is 0 Å². The van der Waals surface area contributed by atoms with Gasteiger partial charge in [-0.3, -0.25) is 0 Å². The topological polar surface area (TPSA) is 12.0 Å². The number of nitrogens with one attached hydrogen (secondary N) is 1. The fourth-order valence-corrected chi connectivity index (χ4v) is 4.74. The minimum atomic E-state index is 0.711. The third kappa shape index (κ3) is 3.81. The Kier molecular flexibility index (Phi) is 4.87. The Morgan fingerprint density at radius 1 is 0.762 bits per heavy atom. The SMILES string of the molecule is Cc1cc(C)cc(NC2CCCCC2C2CCCCC2)c1. The molecule has 1 nitrogen and oxygen atoms in total. The Labute approximate surface area is 130 Å². The van der Waals surface area contributed by atoms with Crippen molar-refractivity contribution in [3.8, 4) is 0 Å². The first-order valence-electron chi connectivity index (χ1n) is 9.07. The molecule has 2 aliphatic carbocycles. The molecular weight excluding hydrogens is 254 g/mol. The first kappa shape index (κ1) is 14.9. The van der Waals surface area contributed by atoms with E-state index in [4.69, 9.17) is 0 Å². The summed E-state index contributed by atoms with van der Waals surface area (Å²) in [6.45, 7) is 4.41. The van der Waals surface area contributed by atoms with Crippen molar-refractivity contribution in [2.24, 2.45) is 11.8 Å². The minimum Gasteiger partial charge on any atom is -0.382 e. The summed E-state index contributed by atoms with van der Waals surface area (Å²) >= 11 is 0.